The molecule has 44 heavy (non-hydrogen) atoms. The van der Waals surface area contributed by atoms with Gasteiger partial charge in [-0.2, -0.15) is 0 Å². The third-order valence-electron chi connectivity index (χ3n) is 9.51. The number of nitrogens with one attached hydrogen (secondary N) is 1. The highest BCUT2D eigenvalue weighted by atomic mass is 35.5. The molecule has 1 amide bonds. The first-order valence-corrected chi connectivity index (χ1v) is 16.0. The summed E-state index contributed by atoms with van der Waals surface area (Å²) in [5.41, 5.74) is 4.60. The molecular weight excluding hydrogens is 572 g/mol. The summed E-state index contributed by atoms with van der Waals surface area (Å²) >= 11 is 6.17. The fourth-order valence-electron chi connectivity index (χ4n) is 7.23. The fraction of sp³-hybridized carbons (Fsp3) is 0.333. The van der Waals surface area contributed by atoms with Gasteiger partial charge in [0, 0.05) is 22.0 Å². The van der Waals surface area contributed by atoms with Gasteiger partial charge in [-0.25, -0.2) is 14.8 Å². The number of hydrogen-bond donors (Lipinski definition) is 2. The molecule has 0 spiro atoms. The summed E-state index contributed by atoms with van der Waals surface area (Å²) < 4.78 is 2.30. The summed E-state index contributed by atoms with van der Waals surface area (Å²) in [4.78, 5) is 35.0. The number of imidazole rings is 1. The SMILES string of the molecule is O=C(O)c1ccc2c(c1)nc(-c1ccc3nc(C(=O)NC4(c5ccc(Cl)cc5)CCCCC4)ccc3c1)n2C1CCCCC1. The number of fused-ring (bicyclic) bond motifs is 2. The molecule has 3 aromatic carbocycles. The van der Waals surface area contributed by atoms with Crippen molar-refractivity contribution < 1.29 is 14.7 Å². The molecule has 0 atom stereocenters. The van der Waals surface area contributed by atoms with Crippen LogP contribution in [0.15, 0.2) is 72.8 Å². The van der Waals surface area contributed by atoms with Gasteiger partial charge in [0.05, 0.1) is 27.7 Å². The van der Waals surface area contributed by atoms with E-state index in [4.69, 9.17) is 21.6 Å². The lowest BCUT2D eigenvalue weighted by atomic mass is 9.76. The molecule has 2 aromatic heterocycles. The number of hydrogen-bond acceptors (Lipinski definition) is 4. The van der Waals surface area contributed by atoms with Crippen LogP contribution in [0.25, 0.3) is 33.3 Å². The van der Waals surface area contributed by atoms with Crippen molar-refractivity contribution >= 4 is 45.4 Å². The minimum atomic E-state index is -0.958. The third-order valence-corrected chi connectivity index (χ3v) is 9.77. The Hall–Kier alpha value is -4.23. The number of benzene rings is 3. The van der Waals surface area contributed by atoms with Crippen LogP contribution in [0.2, 0.25) is 5.02 Å². The number of carbonyl (C=O) groups is 2. The summed E-state index contributed by atoms with van der Waals surface area (Å²) in [7, 11) is 0. The number of carboxylic acids is 1. The summed E-state index contributed by atoms with van der Waals surface area (Å²) in [5.74, 6) is -0.304. The van der Waals surface area contributed by atoms with Crippen molar-refractivity contribution in [1.29, 1.82) is 0 Å². The second-order valence-corrected chi connectivity index (χ2v) is 12.8. The fourth-order valence-corrected chi connectivity index (χ4v) is 7.35. The van der Waals surface area contributed by atoms with Crippen LogP contribution in [0.4, 0.5) is 0 Å². The largest absolute Gasteiger partial charge is 0.478 e. The van der Waals surface area contributed by atoms with E-state index in [-0.39, 0.29) is 11.5 Å². The molecule has 0 saturated heterocycles. The van der Waals surface area contributed by atoms with E-state index in [1.807, 2.05) is 48.5 Å². The van der Waals surface area contributed by atoms with E-state index in [0.29, 0.717) is 22.3 Å². The molecule has 7 nitrogen and oxygen atoms in total. The monoisotopic (exact) mass is 606 g/mol. The average molecular weight is 607 g/mol. The number of rotatable bonds is 6. The maximum atomic E-state index is 13.6. The highest BCUT2D eigenvalue weighted by molar-refractivity contribution is 6.30. The molecule has 0 radical (unpaired) electrons. The quantitative estimate of drug-likeness (QED) is 0.201. The Labute approximate surface area is 261 Å². The maximum Gasteiger partial charge on any atom is 0.335 e. The van der Waals surface area contributed by atoms with Crippen LogP contribution in [0.5, 0.6) is 0 Å². The number of nitrogens with zero attached hydrogens (tertiary/aromatic N) is 3. The van der Waals surface area contributed by atoms with Gasteiger partial charge in [-0.05, 0) is 85.8 Å². The first kappa shape index (κ1) is 28.5. The number of halogens is 1. The van der Waals surface area contributed by atoms with Crippen molar-refractivity contribution in [3.8, 4) is 11.4 Å². The average Bonchev–Trinajstić information content (AvgIpc) is 3.44. The molecule has 2 saturated carbocycles. The lowest BCUT2D eigenvalue weighted by Gasteiger charge is -2.38. The van der Waals surface area contributed by atoms with Crippen molar-refractivity contribution in [2.45, 2.75) is 75.8 Å². The normalized spacial score (nSPS) is 17.1. The number of pyridine rings is 1. The Balaban J connectivity index is 1.22. The van der Waals surface area contributed by atoms with Crippen LogP contribution in [0, 0.1) is 0 Å². The van der Waals surface area contributed by atoms with Crippen LogP contribution in [-0.4, -0.2) is 31.5 Å². The second kappa shape index (κ2) is 11.7. The van der Waals surface area contributed by atoms with Crippen LogP contribution >= 0.6 is 11.6 Å². The smallest absolute Gasteiger partial charge is 0.335 e. The molecule has 2 N–H and O–H groups in total. The summed E-state index contributed by atoms with van der Waals surface area (Å²) in [5, 5.41) is 14.5. The number of aromatic nitrogens is 3. The topological polar surface area (TPSA) is 97.1 Å². The summed E-state index contributed by atoms with van der Waals surface area (Å²) in [6, 6.07) is 23.1. The van der Waals surface area contributed by atoms with Gasteiger partial charge in [0.1, 0.15) is 11.5 Å². The van der Waals surface area contributed by atoms with E-state index in [0.717, 1.165) is 78.3 Å². The van der Waals surface area contributed by atoms with Gasteiger partial charge in [-0.1, -0.05) is 68.3 Å². The van der Waals surface area contributed by atoms with E-state index in [2.05, 4.69) is 16.0 Å². The van der Waals surface area contributed by atoms with Crippen LogP contribution in [0.3, 0.4) is 0 Å². The predicted molar refractivity (Wildman–Crippen MR) is 173 cm³/mol. The molecule has 2 aliphatic rings. The molecular formula is C36H35ClN4O3. The molecule has 2 heterocycles. The predicted octanol–water partition coefficient (Wildman–Crippen LogP) is 8.70. The molecule has 0 unspecified atom stereocenters. The molecule has 8 heteroatoms. The molecule has 2 aliphatic carbocycles. The molecule has 5 aromatic rings. The lowest BCUT2D eigenvalue weighted by molar-refractivity contribution is 0.0696. The second-order valence-electron chi connectivity index (χ2n) is 12.3. The molecule has 0 bridgehead atoms. The molecule has 0 aliphatic heterocycles. The third kappa shape index (κ3) is 5.34. The zero-order chi connectivity index (χ0) is 30.3. The van der Waals surface area contributed by atoms with Gasteiger partial charge in [0.25, 0.3) is 5.91 Å². The Kier molecular flexibility index (Phi) is 7.58. The zero-order valence-corrected chi connectivity index (χ0v) is 25.3. The Morgan fingerprint density at radius 1 is 0.818 bits per heavy atom. The highest BCUT2D eigenvalue weighted by Gasteiger charge is 2.36. The lowest BCUT2D eigenvalue weighted by Crippen LogP contribution is -2.47. The van der Waals surface area contributed by atoms with Gasteiger partial charge < -0.3 is 15.0 Å². The van der Waals surface area contributed by atoms with Crippen molar-refractivity contribution in [1.82, 2.24) is 19.9 Å². The van der Waals surface area contributed by atoms with Gasteiger partial charge in [0.2, 0.25) is 0 Å². The maximum absolute atomic E-state index is 13.6. The van der Waals surface area contributed by atoms with Crippen molar-refractivity contribution in [2.24, 2.45) is 0 Å². The Morgan fingerprint density at radius 2 is 1.57 bits per heavy atom. The van der Waals surface area contributed by atoms with Gasteiger partial charge in [0.15, 0.2) is 0 Å². The van der Waals surface area contributed by atoms with E-state index in [1.54, 1.807) is 18.2 Å². The van der Waals surface area contributed by atoms with Crippen molar-refractivity contribution in [2.75, 3.05) is 0 Å². The number of carboxylic acid groups (broad SMARTS) is 1. The molecule has 224 valence electrons. The highest BCUT2D eigenvalue weighted by Crippen LogP contribution is 2.39. The minimum absolute atomic E-state index is 0.179. The Morgan fingerprint density at radius 3 is 2.32 bits per heavy atom. The zero-order valence-electron chi connectivity index (χ0n) is 24.6. The van der Waals surface area contributed by atoms with Gasteiger partial charge in [-0.15, -0.1) is 0 Å². The van der Waals surface area contributed by atoms with E-state index >= 15 is 0 Å². The van der Waals surface area contributed by atoms with Crippen molar-refractivity contribution in [3.63, 3.8) is 0 Å². The Bertz CT molecular complexity index is 1870. The first-order chi connectivity index (χ1) is 21.4. The van der Waals surface area contributed by atoms with Gasteiger partial charge >= 0.3 is 5.97 Å². The molecule has 2 fully saturated rings. The molecule has 7 rings (SSSR count). The van der Waals surface area contributed by atoms with Crippen molar-refractivity contribution in [3.05, 3.63) is 94.6 Å². The summed E-state index contributed by atoms with van der Waals surface area (Å²) in [6.07, 6.45) is 10.8. The standard InChI is InChI=1S/C36H35ClN4O3/c37-27-14-12-26(13-15-27)36(19-5-2-6-20-36)40-34(42)30-17-9-23-21-24(10-16-29(23)38-30)33-39-31-22-25(35(43)44)11-18-32(31)41(33)28-7-3-1-4-8-28/h9-18,21-22,28H,1-8,19-20H2,(H,40,42)(H,43,44). The van der Waals surface area contributed by atoms with Crippen LogP contribution < -0.4 is 5.32 Å². The summed E-state index contributed by atoms with van der Waals surface area (Å²) in [6.45, 7) is 0. The van der Waals surface area contributed by atoms with Crippen LogP contribution in [-0.2, 0) is 5.54 Å². The van der Waals surface area contributed by atoms with E-state index in [9.17, 15) is 14.7 Å². The van der Waals surface area contributed by atoms with E-state index in [1.165, 1.54) is 19.3 Å². The van der Waals surface area contributed by atoms with E-state index < -0.39 is 11.5 Å². The first-order valence-electron chi connectivity index (χ1n) is 15.7. The number of carbonyl (C=O) groups excluding carboxylic acids is 1. The number of amides is 1. The number of aromatic carboxylic acids is 1. The van der Waals surface area contributed by atoms with Crippen LogP contribution in [0.1, 0.15) is 96.7 Å². The minimum Gasteiger partial charge on any atom is -0.478 e. The van der Waals surface area contributed by atoms with Gasteiger partial charge in [-0.3, -0.25) is 4.79 Å².